The second-order valence-corrected chi connectivity index (χ2v) is 10.8. The number of phenols is 2. The average Bonchev–Trinajstić information content (AvgIpc) is 2.98. The van der Waals surface area contributed by atoms with Crippen molar-refractivity contribution in [1.82, 2.24) is 10.0 Å². The number of carbonyl (C=O) groups excluding carboxylic acids is 3. The van der Waals surface area contributed by atoms with Gasteiger partial charge in [-0.05, 0) is 41.5 Å². The Hall–Kier alpha value is -3.18. The number of aromatic hydroxyl groups is 2. The van der Waals surface area contributed by atoms with Crippen LogP contribution in [0.1, 0.15) is 56.1 Å². The van der Waals surface area contributed by atoms with E-state index >= 15 is 0 Å². The number of nitrogens with one attached hydrogen (secondary N) is 2. The van der Waals surface area contributed by atoms with Crippen LogP contribution in [0, 0.1) is 6.92 Å². The summed E-state index contributed by atoms with van der Waals surface area (Å²) in [7, 11) is -3.55. The Morgan fingerprint density at radius 1 is 1.18 bits per heavy atom. The fourth-order valence-corrected chi connectivity index (χ4v) is 5.45. The highest BCUT2D eigenvalue weighted by Gasteiger charge is 2.56. The minimum absolute atomic E-state index is 0.00274. The van der Waals surface area contributed by atoms with Crippen LogP contribution in [0.25, 0.3) is 0 Å². The second-order valence-electron chi connectivity index (χ2n) is 8.90. The lowest BCUT2D eigenvalue weighted by Gasteiger charge is -2.29. The van der Waals surface area contributed by atoms with E-state index in [-0.39, 0.29) is 57.8 Å². The summed E-state index contributed by atoms with van der Waals surface area (Å²) in [5.41, 5.74) is -1.87. The zero-order valence-corrected chi connectivity index (χ0v) is 20.6. The van der Waals surface area contributed by atoms with E-state index in [9.17, 15) is 33.0 Å². The molecule has 0 bridgehead atoms. The van der Waals surface area contributed by atoms with Crippen LogP contribution in [-0.2, 0) is 25.0 Å². The SMILES string of the molecule is CC(=O)c1c(O)c(C)c(O)c2c1OC1=CC(=O)/C(=C(/C)NCCS(=O)(=O)NC(C)C)C(=O)[C@@]12C. The molecule has 0 aromatic heterocycles. The number of hydrogen-bond donors (Lipinski definition) is 4. The van der Waals surface area contributed by atoms with E-state index in [1.54, 1.807) is 13.8 Å². The van der Waals surface area contributed by atoms with Gasteiger partial charge < -0.3 is 20.3 Å². The normalized spacial score (nSPS) is 21.1. The van der Waals surface area contributed by atoms with Gasteiger partial charge in [-0.15, -0.1) is 0 Å². The van der Waals surface area contributed by atoms with Crippen molar-refractivity contribution >= 4 is 27.4 Å². The molecule has 0 saturated carbocycles. The third kappa shape index (κ3) is 3.98. The first kappa shape index (κ1) is 25.4. The van der Waals surface area contributed by atoms with E-state index in [4.69, 9.17) is 4.74 Å². The molecule has 0 radical (unpaired) electrons. The van der Waals surface area contributed by atoms with Crippen LogP contribution in [0.5, 0.6) is 17.2 Å². The van der Waals surface area contributed by atoms with Crippen LogP contribution < -0.4 is 14.8 Å². The smallest absolute Gasteiger partial charge is 0.213 e. The van der Waals surface area contributed by atoms with E-state index < -0.39 is 44.3 Å². The van der Waals surface area contributed by atoms with Gasteiger partial charge in [0.15, 0.2) is 17.3 Å². The number of Topliss-reactive ketones (excluding diaryl/α,β-unsaturated/α-hetero) is 2. The monoisotopic (exact) mass is 492 g/mol. The predicted molar refractivity (Wildman–Crippen MR) is 123 cm³/mol. The molecule has 1 aliphatic carbocycles. The van der Waals surface area contributed by atoms with Crippen LogP contribution in [0.4, 0.5) is 0 Å². The Balaban J connectivity index is 2.05. The molecule has 1 heterocycles. The van der Waals surface area contributed by atoms with Gasteiger partial charge in [0.25, 0.3) is 0 Å². The first-order valence-corrected chi connectivity index (χ1v) is 12.3. The fourth-order valence-electron chi connectivity index (χ4n) is 4.24. The summed E-state index contributed by atoms with van der Waals surface area (Å²) in [4.78, 5) is 38.7. The number of sulfonamides is 1. The molecule has 2 aliphatic rings. The Labute approximate surface area is 197 Å². The van der Waals surface area contributed by atoms with Crippen molar-refractivity contribution in [2.75, 3.05) is 12.3 Å². The number of benzene rings is 1. The molecule has 1 aliphatic heterocycles. The maximum atomic E-state index is 13.6. The van der Waals surface area contributed by atoms with Crippen LogP contribution in [0.3, 0.4) is 0 Å². The largest absolute Gasteiger partial charge is 0.507 e. The van der Waals surface area contributed by atoms with Gasteiger partial charge in [0.2, 0.25) is 10.0 Å². The molecule has 184 valence electrons. The molecule has 10 nitrogen and oxygen atoms in total. The molecular formula is C23H28N2O8S. The van der Waals surface area contributed by atoms with Crippen LogP contribution in [0.15, 0.2) is 23.1 Å². The molecule has 0 unspecified atom stereocenters. The third-order valence-electron chi connectivity index (χ3n) is 5.94. The van der Waals surface area contributed by atoms with Crippen molar-refractivity contribution in [3.63, 3.8) is 0 Å². The molecule has 4 N–H and O–H groups in total. The van der Waals surface area contributed by atoms with Crippen molar-refractivity contribution in [2.45, 2.75) is 53.0 Å². The highest BCUT2D eigenvalue weighted by Crippen LogP contribution is 2.57. The summed E-state index contributed by atoms with van der Waals surface area (Å²) in [6.45, 7) is 8.89. The second kappa shape index (κ2) is 8.55. The van der Waals surface area contributed by atoms with Gasteiger partial charge in [-0.1, -0.05) is 0 Å². The van der Waals surface area contributed by atoms with E-state index in [0.29, 0.717) is 0 Å². The van der Waals surface area contributed by atoms with Crippen LogP contribution >= 0.6 is 0 Å². The lowest BCUT2D eigenvalue weighted by Crippen LogP contribution is -2.41. The molecule has 3 rings (SSSR count). The zero-order valence-electron chi connectivity index (χ0n) is 19.8. The van der Waals surface area contributed by atoms with E-state index in [0.717, 1.165) is 6.08 Å². The first-order valence-electron chi connectivity index (χ1n) is 10.7. The predicted octanol–water partition coefficient (Wildman–Crippen LogP) is 1.49. The number of ketones is 3. The Morgan fingerprint density at radius 2 is 1.79 bits per heavy atom. The number of rotatable bonds is 7. The van der Waals surface area contributed by atoms with E-state index in [2.05, 4.69) is 10.0 Å². The highest BCUT2D eigenvalue weighted by atomic mass is 32.2. The number of carbonyl (C=O) groups is 3. The summed E-state index contributed by atoms with van der Waals surface area (Å²) < 4.78 is 32.2. The lowest BCUT2D eigenvalue weighted by atomic mass is 9.70. The van der Waals surface area contributed by atoms with Crippen molar-refractivity contribution in [3.05, 3.63) is 39.8 Å². The van der Waals surface area contributed by atoms with Gasteiger partial charge in [-0.25, -0.2) is 13.1 Å². The van der Waals surface area contributed by atoms with Crippen molar-refractivity contribution in [2.24, 2.45) is 0 Å². The van der Waals surface area contributed by atoms with E-state index in [1.165, 1.54) is 27.7 Å². The molecule has 0 spiro atoms. The Bertz CT molecular complexity index is 1290. The standard InChI is InChI=1S/C23H28N2O8S/c1-10(2)25-34(31,32)8-7-24-12(4)16-14(27)9-15-23(6,22(16)30)18-20(29)11(3)19(28)17(13(5)26)21(18)33-15/h9-10,24-25,28-29H,7-8H2,1-6H3/b16-12+/t23-/m0/s1. The minimum atomic E-state index is -3.55. The molecule has 1 aromatic carbocycles. The Kier molecular flexibility index (Phi) is 6.40. The van der Waals surface area contributed by atoms with Gasteiger partial charge in [0.05, 0.1) is 16.9 Å². The van der Waals surface area contributed by atoms with Gasteiger partial charge in [0.1, 0.15) is 34.0 Å². The topological polar surface area (TPSA) is 159 Å². The molecule has 34 heavy (non-hydrogen) atoms. The van der Waals surface area contributed by atoms with Crippen molar-refractivity contribution in [3.8, 4) is 17.2 Å². The number of ether oxygens (including phenoxy) is 1. The van der Waals surface area contributed by atoms with Crippen molar-refractivity contribution < 1.29 is 37.8 Å². The van der Waals surface area contributed by atoms with Crippen LogP contribution in [-0.4, -0.2) is 54.3 Å². The number of allylic oxidation sites excluding steroid dienone is 4. The van der Waals surface area contributed by atoms with E-state index in [1.807, 2.05) is 0 Å². The molecule has 11 heteroatoms. The number of phenolic OH excluding ortho intramolecular Hbond substituents is 2. The molecule has 1 atom stereocenters. The van der Waals surface area contributed by atoms with Gasteiger partial charge >= 0.3 is 0 Å². The van der Waals surface area contributed by atoms with Gasteiger partial charge in [-0.2, -0.15) is 0 Å². The van der Waals surface area contributed by atoms with Crippen molar-refractivity contribution in [1.29, 1.82) is 0 Å². The molecule has 0 fully saturated rings. The van der Waals surface area contributed by atoms with Gasteiger partial charge in [0, 0.05) is 29.9 Å². The average molecular weight is 493 g/mol. The number of hydrogen-bond acceptors (Lipinski definition) is 9. The lowest BCUT2D eigenvalue weighted by molar-refractivity contribution is -0.123. The quantitative estimate of drug-likeness (QED) is 0.251. The molecule has 1 aromatic rings. The minimum Gasteiger partial charge on any atom is -0.507 e. The van der Waals surface area contributed by atoms with Crippen LogP contribution in [0.2, 0.25) is 0 Å². The summed E-state index contributed by atoms with van der Waals surface area (Å²) in [6, 6.07) is -0.271. The summed E-state index contributed by atoms with van der Waals surface area (Å²) in [6.07, 6.45) is 1.11. The fraction of sp³-hybridized carbons (Fsp3) is 0.435. The Morgan fingerprint density at radius 3 is 2.35 bits per heavy atom. The first-order chi connectivity index (χ1) is 15.6. The third-order valence-corrected chi connectivity index (χ3v) is 7.51. The molecule has 0 saturated heterocycles. The maximum absolute atomic E-state index is 13.6. The summed E-state index contributed by atoms with van der Waals surface area (Å²) >= 11 is 0. The zero-order chi connectivity index (χ0) is 25.7. The molecule has 0 amide bonds. The summed E-state index contributed by atoms with van der Waals surface area (Å²) in [5.74, 6) is -3.27. The summed E-state index contributed by atoms with van der Waals surface area (Å²) in [5, 5.41) is 24.0. The highest BCUT2D eigenvalue weighted by molar-refractivity contribution is 7.89. The molecular weight excluding hydrogens is 464 g/mol. The number of fused-ring (bicyclic) bond motifs is 3. The maximum Gasteiger partial charge on any atom is 0.213 e. The van der Waals surface area contributed by atoms with Gasteiger partial charge in [-0.3, -0.25) is 14.4 Å².